The van der Waals surface area contributed by atoms with Gasteiger partial charge >= 0.3 is 0 Å². The van der Waals surface area contributed by atoms with Crippen LogP contribution in [0.1, 0.15) is 25.8 Å². The zero-order valence-corrected chi connectivity index (χ0v) is 11.8. The second-order valence-electron chi connectivity index (χ2n) is 5.37. The first-order valence-corrected chi connectivity index (χ1v) is 6.71. The number of hydrogen-bond acceptors (Lipinski definition) is 1. The van der Waals surface area contributed by atoms with Crippen LogP contribution >= 0.6 is 15.9 Å². The Labute approximate surface area is 106 Å². The van der Waals surface area contributed by atoms with Gasteiger partial charge < -0.3 is 4.74 Å². The zero-order valence-electron chi connectivity index (χ0n) is 10.2. The highest BCUT2D eigenvalue weighted by Gasteiger charge is 2.48. The first kappa shape index (κ1) is 12.0. The van der Waals surface area contributed by atoms with E-state index in [1.165, 1.54) is 12.0 Å². The van der Waals surface area contributed by atoms with E-state index >= 15 is 0 Å². The van der Waals surface area contributed by atoms with Gasteiger partial charge in [-0.15, -0.1) is 0 Å². The van der Waals surface area contributed by atoms with Crippen LogP contribution in [0.3, 0.4) is 0 Å². The van der Waals surface area contributed by atoms with Crippen molar-refractivity contribution in [2.24, 2.45) is 11.3 Å². The van der Waals surface area contributed by atoms with Gasteiger partial charge in [0.15, 0.2) is 0 Å². The predicted molar refractivity (Wildman–Crippen MR) is 71.3 cm³/mol. The second-order valence-corrected chi connectivity index (χ2v) is 6.54. The summed E-state index contributed by atoms with van der Waals surface area (Å²) < 4.78 is 5.16. The molecule has 2 atom stereocenters. The Balaban J connectivity index is 1.94. The summed E-state index contributed by atoms with van der Waals surface area (Å²) in [6, 6.07) is 8.38. The van der Waals surface area contributed by atoms with Gasteiger partial charge in [-0.1, -0.05) is 41.9 Å². The van der Waals surface area contributed by atoms with Gasteiger partial charge in [0.1, 0.15) is 5.75 Å². The SMILES string of the molecule is COc1ccc(CC(Br)C2CC2(C)C)cc1. The van der Waals surface area contributed by atoms with Crippen LogP contribution in [0, 0.1) is 11.3 Å². The summed E-state index contributed by atoms with van der Waals surface area (Å²) in [4.78, 5) is 0.607. The van der Waals surface area contributed by atoms with E-state index in [4.69, 9.17) is 4.74 Å². The second kappa shape index (κ2) is 4.40. The largest absolute Gasteiger partial charge is 0.497 e. The summed E-state index contributed by atoms with van der Waals surface area (Å²) in [5, 5.41) is 0. The molecule has 0 bridgehead atoms. The van der Waals surface area contributed by atoms with E-state index in [-0.39, 0.29) is 0 Å². The molecule has 0 heterocycles. The van der Waals surface area contributed by atoms with Gasteiger partial charge in [-0.25, -0.2) is 0 Å². The molecule has 0 saturated heterocycles. The van der Waals surface area contributed by atoms with Gasteiger partial charge in [-0.2, -0.15) is 0 Å². The Hall–Kier alpha value is -0.500. The molecule has 0 N–H and O–H groups in total. The number of halogens is 1. The van der Waals surface area contributed by atoms with Crippen molar-refractivity contribution in [3.63, 3.8) is 0 Å². The Morgan fingerprint density at radius 2 is 1.94 bits per heavy atom. The molecule has 0 spiro atoms. The lowest BCUT2D eigenvalue weighted by Gasteiger charge is -2.12. The number of benzene rings is 1. The molecule has 0 aliphatic heterocycles. The summed E-state index contributed by atoms with van der Waals surface area (Å²) in [5.41, 5.74) is 1.92. The van der Waals surface area contributed by atoms with Crippen molar-refractivity contribution >= 4 is 15.9 Å². The minimum atomic E-state index is 0.542. The lowest BCUT2D eigenvalue weighted by Crippen LogP contribution is -2.09. The van der Waals surface area contributed by atoms with Gasteiger partial charge in [-0.05, 0) is 41.9 Å². The molecule has 1 aromatic carbocycles. The van der Waals surface area contributed by atoms with E-state index in [0.29, 0.717) is 10.2 Å². The van der Waals surface area contributed by atoms with Gasteiger partial charge in [0, 0.05) is 4.83 Å². The average Bonchev–Trinajstić information content (AvgIpc) is 2.89. The summed E-state index contributed by atoms with van der Waals surface area (Å²) in [6.45, 7) is 4.69. The first-order valence-electron chi connectivity index (χ1n) is 5.80. The molecule has 1 saturated carbocycles. The van der Waals surface area contributed by atoms with Crippen LogP contribution in [0.4, 0.5) is 0 Å². The van der Waals surface area contributed by atoms with E-state index in [9.17, 15) is 0 Å². The molecule has 88 valence electrons. The van der Waals surface area contributed by atoms with Gasteiger partial charge in [0.25, 0.3) is 0 Å². The summed E-state index contributed by atoms with van der Waals surface area (Å²) in [7, 11) is 1.70. The molecule has 1 fully saturated rings. The van der Waals surface area contributed by atoms with Crippen molar-refractivity contribution < 1.29 is 4.74 Å². The molecule has 0 radical (unpaired) electrons. The Morgan fingerprint density at radius 1 is 1.38 bits per heavy atom. The fraction of sp³-hybridized carbons (Fsp3) is 0.571. The fourth-order valence-electron chi connectivity index (χ4n) is 2.25. The number of ether oxygens (including phenoxy) is 1. The van der Waals surface area contributed by atoms with E-state index < -0.39 is 0 Å². The Kier molecular flexibility index (Phi) is 3.29. The monoisotopic (exact) mass is 282 g/mol. The third kappa shape index (κ3) is 2.60. The summed E-state index contributed by atoms with van der Waals surface area (Å²) in [6.07, 6.45) is 2.46. The smallest absolute Gasteiger partial charge is 0.118 e. The molecular weight excluding hydrogens is 264 g/mol. The van der Waals surface area contributed by atoms with Crippen molar-refractivity contribution in [2.45, 2.75) is 31.5 Å². The molecule has 1 aliphatic rings. The maximum absolute atomic E-state index is 5.16. The summed E-state index contributed by atoms with van der Waals surface area (Å²) in [5.74, 6) is 1.76. The normalized spacial score (nSPS) is 23.9. The van der Waals surface area contributed by atoms with Crippen molar-refractivity contribution in [3.05, 3.63) is 29.8 Å². The number of alkyl halides is 1. The van der Waals surface area contributed by atoms with Gasteiger partial charge in [0.2, 0.25) is 0 Å². The van der Waals surface area contributed by atoms with Crippen molar-refractivity contribution in [1.29, 1.82) is 0 Å². The van der Waals surface area contributed by atoms with Crippen LogP contribution in [0.2, 0.25) is 0 Å². The Morgan fingerprint density at radius 3 is 2.38 bits per heavy atom. The molecule has 1 aromatic rings. The molecule has 2 rings (SSSR count). The van der Waals surface area contributed by atoms with Gasteiger partial charge in [-0.3, -0.25) is 0 Å². The van der Waals surface area contributed by atoms with Crippen molar-refractivity contribution in [2.75, 3.05) is 7.11 Å². The topological polar surface area (TPSA) is 9.23 Å². The number of methoxy groups -OCH3 is 1. The quantitative estimate of drug-likeness (QED) is 0.757. The van der Waals surface area contributed by atoms with E-state index in [0.717, 1.165) is 18.1 Å². The number of rotatable bonds is 4. The molecule has 1 aliphatic carbocycles. The average molecular weight is 283 g/mol. The molecule has 2 heteroatoms. The lowest BCUT2D eigenvalue weighted by atomic mass is 10.0. The standard InChI is InChI=1S/C14H19BrO/c1-14(2)9-12(14)13(15)8-10-4-6-11(16-3)7-5-10/h4-7,12-13H,8-9H2,1-3H3. The van der Waals surface area contributed by atoms with Crippen molar-refractivity contribution in [3.8, 4) is 5.75 Å². The van der Waals surface area contributed by atoms with Crippen LogP contribution in [0.25, 0.3) is 0 Å². The van der Waals surface area contributed by atoms with E-state index in [1.807, 2.05) is 12.1 Å². The zero-order chi connectivity index (χ0) is 11.8. The van der Waals surface area contributed by atoms with Crippen LogP contribution < -0.4 is 4.74 Å². The first-order chi connectivity index (χ1) is 7.53. The summed E-state index contributed by atoms with van der Waals surface area (Å²) >= 11 is 3.82. The third-order valence-electron chi connectivity index (χ3n) is 3.62. The van der Waals surface area contributed by atoms with Gasteiger partial charge in [0.05, 0.1) is 7.11 Å². The molecule has 0 aromatic heterocycles. The van der Waals surface area contributed by atoms with Crippen LogP contribution in [0.15, 0.2) is 24.3 Å². The highest BCUT2D eigenvalue weighted by Crippen LogP contribution is 2.55. The molecule has 1 nitrogen and oxygen atoms in total. The minimum Gasteiger partial charge on any atom is -0.497 e. The van der Waals surface area contributed by atoms with Crippen LogP contribution in [-0.2, 0) is 6.42 Å². The fourth-order valence-corrected chi connectivity index (χ4v) is 3.53. The molecular formula is C14H19BrO. The minimum absolute atomic E-state index is 0.542. The Bertz CT molecular complexity index is 356. The maximum atomic E-state index is 5.16. The van der Waals surface area contributed by atoms with Crippen molar-refractivity contribution in [1.82, 2.24) is 0 Å². The predicted octanol–water partition coefficient (Wildman–Crippen LogP) is 4.05. The lowest BCUT2D eigenvalue weighted by molar-refractivity contribution is 0.414. The maximum Gasteiger partial charge on any atom is 0.118 e. The van der Waals surface area contributed by atoms with E-state index in [2.05, 4.69) is 41.9 Å². The number of hydrogen-bond donors (Lipinski definition) is 0. The highest BCUT2D eigenvalue weighted by molar-refractivity contribution is 9.09. The molecule has 2 unspecified atom stereocenters. The van der Waals surface area contributed by atoms with Crippen LogP contribution in [0.5, 0.6) is 5.75 Å². The van der Waals surface area contributed by atoms with Crippen LogP contribution in [-0.4, -0.2) is 11.9 Å². The molecule has 16 heavy (non-hydrogen) atoms. The third-order valence-corrected chi connectivity index (χ3v) is 4.58. The molecule has 0 amide bonds. The highest BCUT2D eigenvalue weighted by atomic mass is 79.9. The van der Waals surface area contributed by atoms with E-state index in [1.54, 1.807) is 7.11 Å².